The summed E-state index contributed by atoms with van der Waals surface area (Å²) in [5.74, 6) is 2.58. The van der Waals surface area contributed by atoms with Gasteiger partial charge in [0.1, 0.15) is 0 Å². The Bertz CT molecular complexity index is 326. The quantitative estimate of drug-likeness (QED) is 0.626. The van der Waals surface area contributed by atoms with Crippen LogP contribution in [-0.4, -0.2) is 18.2 Å². The minimum absolute atomic E-state index is 0.0540. The first-order valence-electron chi connectivity index (χ1n) is 9.94. The van der Waals surface area contributed by atoms with Crippen LogP contribution in [0.15, 0.2) is 0 Å². The lowest BCUT2D eigenvalue weighted by molar-refractivity contribution is -0.210. The molecule has 1 aliphatic heterocycles. The van der Waals surface area contributed by atoms with E-state index < -0.39 is 0 Å². The Morgan fingerprint density at radius 3 is 1.52 bits per heavy atom. The van der Waals surface area contributed by atoms with Gasteiger partial charge in [0.15, 0.2) is 0 Å². The van der Waals surface area contributed by atoms with Crippen LogP contribution in [0.25, 0.3) is 0 Å². The van der Waals surface area contributed by atoms with E-state index in [1.807, 2.05) is 0 Å². The van der Waals surface area contributed by atoms with Gasteiger partial charge < -0.3 is 10.5 Å². The zero-order chi connectivity index (χ0) is 17.8. The van der Waals surface area contributed by atoms with E-state index in [4.69, 9.17) is 10.5 Å². The molecule has 23 heavy (non-hydrogen) atoms. The summed E-state index contributed by atoms with van der Waals surface area (Å²) in [4.78, 5) is 0. The van der Waals surface area contributed by atoms with Crippen LogP contribution in [0.5, 0.6) is 0 Å². The van der Waals surface area contributed by atoms with Crippen molar-refractivity contribution in [2.75, 3.05) is 6.61 Å². The molecule has 0 aliphatic carbocycles. The average Bonchev–Trinajstić information content (AvgIpc) is 2.32. The molecule has 1 atom stereocenters. The first-order chi connectivity index (χ1) is 10.5. The highest BCUT2D eigenvalue weighted by Gasteiger charge is 2.57. The Balaban J connectivity index is 3.40. The van der Waals surface area contributed by atoms with Gasteiger partial charge in [-0.25, -0.2) is 0 Å². The van der Waals surface area contributed by atoms with Gasteiger partial charge in [0.05, 0.1) is 5.60 Å². The smallest absolute Gasteiger partial charge is 0.0758 e. The third-order valence-corrected chi connectivity index (χ3v) is 5.45. The van der Waals surface area contributed by atoms with Crippen molar-refractivity contribution >= 4 is 0 Å². The third kappa shape index (κ3) is 4.95. The summed E-state index contributed by atoms with van der Waals surface area (Å²) in [6.07, 6.45) is 5.66. The van der Waals surface area contributed by atoms with Gasteiger partial charge in [-0.15, -0.1) is 0 Å². The molecular weight excluding hydrogens is 282 g/mol. The summed E-state index contributed by atoms with van der Waals surface area (Å²) in [7, 11) is 0. The van der Waals surface area contributed by atoms with Crippen molar-refractivity contribution in [1.29, 1.82) is 0 Å². The molecule has 2 heteroatoms. The molecule has 0 bridgehead atoms. The minimum Gasteiger partial charge on any atom is -0.374 e. The van der Waals surface area contributed by atoms with E-state index in [0.717, 1.165) is 25.9 Å². The predicted molar refractivity (Wildman–Crippen MR) is 102 cm³/mol. The van der Waals surface area contributed by atoms with Gasteiger partial charge in [0.25, 0.3) is 0 Å². The van der Waals surface area contributed by atoms with E-state index in [1.54, 1.807) is 0 Å². The van der Waals surface area contributed by atoms with Crippen molar-refractivity contribution < 1.29 is 4.74 Å². The summed E-state index contributed by atoms with van der Waals surface area (Å²) in [5, 5.41) is 0. The Morgan fingerprint density at radius 1 is 0.783 bits per heavy atom. The maximum absolute atomic E-state index is 6.86. The van der Waals surface area contributed by atoms with Crippen LogP contribution in [0, 0.1) is 29.1 Å². The van der Waals surface area contributed by atoms with Crippen LogP contribution < -0.4 is 5.73 Å². The Hall–Kier alpha value is -0.0800. The topological polar surface area (TPSA) is 35.2 Å². The van der Waals surface area contributed by atoms with Crippen molar-refractivity contribution in [3.8, 4) is 0 Å². The lowest BCUT2D eigenvalue weighted by Crippen LogP contribution is -2.64. The van der Waals surface area contributed by atoms with Gasteiger partial charge in [0.2, 0.25) is 0 Å². The summed E-state index contributed by atoms with van der Waals surface area (Å²) in [5.41, 5.74) is 6.92. The van der Waals surface area contributed by atoms with Crippen LogP contribution >= 0.6 is 0 Å². The second-order valence-electron chi connectivity index (χ2n) is 9.79. The summed E-state index contributed by atoms with van der Waals surface area (Å²) < 4.78 is 6.70. The molecule has 0 aromatic carbocycles. The highest BCUT2D eigenvalue weighted by atomic mass is 16.5. The molecule has 0 amide bonds. The van der Waals surface area contributed by atoms with Crippen LogP contribution in [0.2, 0.25) is 0 Å². The SMILES string of the molecule is CC(C)CC1(CC(C)C)OCCC(N)C1(CC(C)C)CC(C)C. The van der Waals surface area contributed by atoms with E-state index in [2.05, 4.69) is 55.4 Å². The molecule has 1 aliphatic rings. The van der Waals surface area contributed by atoms with Crippen molar-refractivity contribution in [3.05, 3.63) is 0 Å². The second kappa shape index (κ2) is 8.34. The lowest BCUT2D eigenvalue weighted by atomic mass is 9.54. The van der Waals surface area contributed by atoms with Crippen LogP contribution in [0.1, 0.15) is 87.5 Å². The second-order valence-corrected chi connectivity index (χ2v) is 9.79. The molecule has 0 aromatic rings. The maximum Gasteiger partial charge on any atom is 0.0758 e. The van der Waals surface area contributed by atoms with Gasteiger partial charge in [-0.05, 0) is 55.8 Å². The monoisotopic (exact) mass is 325 g/mol. The maximum atomic E-state index is 6.86. The standard InChI is InChI=1S/C21H43NO/c1-15(2)11-20(12-16(3)4)19(22)9-10-23-21(20,13-17(5)6)14-18(7)8/h15-19H,9-14,22H2,1-8H3. The Morgan fingerprint density at radius 2 is 1.17 bits per heavy atom. The summed E-state index contributed by atoms with van der Waals surface area (Å²) >= 11 is 0. The lowest BCUT2D eigenvalue weighted by Gasteiger charge is -2.59. The van der Waals surface area contributed by atoms with E-state index in [0.29, 0.717) is 23.7 Å². The van der Waals surface area contributed by atoms with E-state index in [-0.39, 0.29) is 17.1 Å². The zero-order valence-electron chi connectivity index (χ0n) is 17.1. The van der Waals surface area contributed by atoms with Crippen LogP contribution in [0.4, 0.5) is 0 Å². The number of nitrogens with two attached hydrogens (primary N) is 1. The molecule has 0 spiro atoms. The van der Waals surface area contributed by atoms with Gasteiger partial charge in [0, 0.05) is 18.1 Å². The predicted octanol–water partition coefficient (Wildman–Crippen LogP) is 5.64. The normalized spacial score (nSPS) is 24.1. The third-order valence-electron chi connectivity index (χ3n) is 5.45. The van der Waals surface area contributed by atoms with Crippen molar-refractivity contribution in [3.63, 3.8) is 0 Å². The van der Waals surface area contributed by atoms with Gasteiger partial charge in [-0.2, -0.15) is 0 Å². The van der Waals surface area contributed by atoms with Crippen LogP contribution in [0.3, 0.4) is 0 Å². The van der Waals surface area contributed by atoms with Crippen LogP contribution in [-0.2, 0) is 4.74 Å². The van der Waals surface area contributed by atoms with E-state index in [1.165, 1.54) is 12.8 Å². The van der Waals surface area contributed by atoms with Gasteiger partial charge >= 0.3 is 0 Å². The molecule has 2 N–H and O–H groups in total. The molecule has 0 saturated carbocycles. The van der Waals surface area contributed by atoms with E-state index >= 15 is 0 Å². The largest absolute Gasteiger partial charge is 0.374 e. The fourth-order valence-corrected chi connectivity index (χ4v) is 5.28. The molecule has 0 radical (unpaired) electrons. The molecule has 1 heterocycles. The van der Waals surface area contributed by atoms with E-state index in [9.17, 15) is 0 Å². The number of rotatable bonds is 8. The van der Waals surface area contributed by atoms with Crippen molar-refractivity contribution in [2.24, 2.45) is 34.8 Å². The molecule has 0 aromatic heterocycles. The number of hydrogen-bond donors (Lipinski definition) is 1. The van der Waals surface area contributed by atoms with Crippen molar-refractivity contribution in [2.45, 2.75) is 99.1 Å². The molecule has 1 rings (SSSR count). The van der Waals surface area contributed by atoms with Crippen molar-refractivity contribution in [1.82, 2.24) is 0 Å². The van der Waals surface area contributed by atoms with Gasteiger partial charge in [-0.3, -0.25) is 0 Å². The average molecular weight is 326 g/mol. The Labute approximate surface area is 145 Å². The zero-order valence-corrected chi connectivity index (χ0v) is 17.1. The first kappa shape index (κ1) is 21.0. The molecule has 2 nitrogen and oxygen atoms in total. The summed E-state index contributed by atoms with van der Waals surface area (Å²) in [6, 6.07) is 0.263. The molecule has 138 valence electrons. The number of ether oxygens (including phenoxy) is 1. The molecule has 1 unspecified atom stereocenters. The first-order valence-corrected chi connectivity index (χ1v) is 9.94. The molecule has 1 saturated heterocycles. The molecule has 1 fully saturated rings. The number of hydrogen-bond acceptors (Lipinski definition) is 2. The fourth-order valence-electron chi connectivity index (χ4n) is 5.28. The molecular formula is C21H43NO. The fraction of sp³-hybridized carbons (Fsp3) is 1.00. The highest BCUT2D eigenvalue weighted by Crippen LogP contribution is 2.55. The van der Waals surface area contributed by atoms with Gasteiger partial charge in [-0.1, -0.05) is 55.4 Å². The Kier molecular flexibility index (Phi) is 7.60. The minimum atomic E-state index is -0.0540. The summed E-state index contributed by atoms with van der Waals surface area (Å²) in [6.45, 7) is 19.6. The highest BCUT2D eigenvalue weighted by molar-refractivity contribution is 5.09.